The summed E-state index contributed by atoms with van der Waals surface area (Å²) in [6.45, 7) is 2.88. The highest BCUT2D eigenvalue weighted by atomic mass is 16.1. The van der Waals surface area contributed by atoms with E-state index in [-0.39, 0.29) is 17.5 Å². The SMILES string of the molecule is CC(=O)C(=CC1C/C1=C\c1ccccc1)C(C)=O. The standard InChI is InChI=1S/C16H16O2/c1-11(17)16(12(2)18)10-15-9-14(15)8-13-6-4-3-5-7-13/h3-8,10,15H,9H2,1-2H3/b14-8+. The molecule has 1 aromatic carbocycles. The van der Waals surface area contributed by atoms with Crippen molar-refractivity contribution in [2.45, 2.75) is 20.3 Å². The van der Waals surface area contributed by atoms with Crippen molar-refractivity contribution in [3.8, 4) is 0 Å². The molecule has 0 radical (unpaired) electrons. The molecule has 2 nitrogen and oxygen atoms in total. The molecular formula is C16H16O2. The van der Waals surface area contributed by atoms with E-state index in [1.165, 1.54) is 19.4 Å². The molecule has 0 amide bonds. The molecule has 18 heavy (non-hydrogen) atoms. The van der Waals surface area contributed by atoms with Crippen LogP contribution in [0, 0.1) is 5.92 Å². The van der Waals surface area contributed by atoms with Gasteiger partial charge in [-0.05, 0) is 25.8 Å². The van der Waals surface area contributed by atoms with Gasteiger partial charge in [0.05, 0.1) is 5.57 Å². The third-order valence-corrected chi connectivity index (χ3v) is 3.05. The number of hydrogen-bond acceptors (Lipinski definition) is 2. The molecular weight excluding hydrogens is 224 g/mol. The first-order valence-electron chi connectivity index (χ1n) is 6.07. The van der Waals surface area contributed by atoms with E-state index in [9.17, 15) is 9.59 Å². The fraction of sp³-hybridized carbons (Fsp3) is 0.250. The maximum atomic E-state index is 11.3. The molecule has 1 unspecified atom stereocenters. The van der Waals surface area contributed by atoms with Crippen molar-refractivity contribution in [1.82, 2.24) is 0 Å². The van der Waals surface area contributed by atoms with E-state index < -0.39 is 0 Å². The van der Waals surface area contributed by atoms with E-state index in [1.54, 1.807) is 6.08 Å². The minimum absolute atomic E-state index is 0.145. The second kappa shape index (κ2) is 5.13. The minimum atomic E-state index is -0.145. The van der Waals surface area contributed by atoms with E-state index in [4.69, 9.17) is 0 Å². The van der Waals surface area contributed by atoms with Gasteiger partial charge in [0, 0.05) is 5.92 Å². The van der Waals surface area contributed by atoms with E-state index in [0.717, 1.165) is 12.0 Å². The largest absolute Gasteiger partial charge is 0.294 e. The molecule has 92 valence electrons. The number of rotatable bonds is 4. The second-order valence-corrected chi connectivity index (χ2v) is 4.63. The molecule has 1 fully saturated rings. The molecule has 1 atom stereocenters. The molecule has 0 spiro atoms. The minimum Gasteiger partial charge on any atom is -0.294 e. The Hall–Kier alpha value is -1.96. The summed E-state index contributed by atoms with van der Waals surface area (Å²) in [4.78, 5) is 22.6. The van der Waals surface area contributed by atoms with Gasteiger partial charge in [-0.3, -0.25) is 9.59 Å². The Morgan fingerprint density at radius 2 is 1.72 bits per heavy atom. The number of carbonyl (C=O) groups is 2. The zero-order valence-electron chi connectivity index (χ0n) is 10.6. The maximum Gasteiger partial charge on any atom is 0.163 e. The van der Waals surface area contributed by atoms with Crippen molar-refractivity contribution in [2.24, 2.45) is 5.92 Å². The van der Waals surface area contributed by atoms with Crippen LogP contribution in [0.15, 0.2) is 47.6 Å². The first kappa shape index (κ1) is 12.5. The maximum absolute atomic E-state index is 11.3. The fourth-order valence-corrected chi connectivity index (χ4v) is 1.97. The Kier molecular flexibility index (Phi) is 3.56. The van der Waals surface area contributed by atoms with E-state index in [1.807, 2.05) is 30.3 Å². The first-order valence-corrected chi connectivity index (χ1v) is 6.07. The molecule has 1 saturated carbocycles. The predicted molar refractivity (Wildman–Crippen MR) is 72.0 cm³/mol. The van der Waals surface area contributed by atoms with Gasteiger partial charge < -0.3 is 0 Å². The first-order chi connectivity index (χ1) is 8.58. The molecule has 0 N–H and O–H groups in total. The van der Waals surface area contributed by atoms with Gasteiger partial charge in [0.25, 0.3) is 0 Å². The van der Waals surface area contributed by atoms with E-state index in [0.29, 0.717) is 5.57 Å². The van der Waals surface area contributed by atoms with Crippen LogP contribution in [0.4, 0.5) is 0 Å². The van der Waals surface area contributed by atoms with Gasteiger partial charge in [0.15, 0.2) is 11.6 Å². The highest BCUT2D eigenvalue weighted by Gasteiger charge is 2.28. The van der Waals surface area contributed by atoms with Gasteiger partial charge in [-0.15, -0.1) is 0 Å². The average Bonchev–Trinajstić information content (AvgIpc) is 3.05. The van der Waals surface area contributed by atoms with Gasteiger partial charge in [-0.2, -0.15) is 0 Å². The Morgan fingerprint density at radius 1 is 1.11 bits per heavy atom. The van der Waals surface area contributed by atoms with Crippen LogP contribution in [-0.4, -0.2) is 11.6 Å². The Morgan fingerprint density at radius 3 is 2.28 bits per heavy atom. The number of carbonyl (C=O) groups excluding carboxylic acids is 2. The van der Waals surface area contributed by atoms with Gasteiger partial charge in [-0.25, -0.2) is 0 Å². The highest BCUT2D eigenvalue weighted by Crippen LogP contribution is 2.41. The van der Waals surface area contributed by atoms with Crippen LogP contribution >= 0.6 is 0 Å². The smallest absolute Gasteiger partial charge is 0.163 e. The molecule has 0 bridgehead atoms. The van der Waals surface area contributed by atoms with Crippen molar-refractivity contribution in [3.05, 3.63) is 53.1 Å². The van der Waals surface area contributed by atoms with Crippen LogP contribution < -0.4 is 0 Å². The summed E-state index contributed by atoms with van der Waals surface area (Å²) in [5.41, 5.74) is 2.77. The zero-order chi connectivity index (χ0) is 13.1. The average molecular weight is 240 g/mol. The van der Waals surface area contributed by atoms with Gasteiger partial charge >= 0.3 is 0 Å². The lowest BCUT2D eigenvalue weighted by Gasteiger charge is -1.96. The topological polar surface area (TPSA) is 34.1 Å². The molecule has 0 aromatic heterocycles. The Labute approximate surface area is 107 Å². The lowest BCUT2D eigenvalue weighted by molar-refractivity contribution is -0.119. The van der Waals surface area contributed by atoms with Crippen LogP contribution in [0.1, 0.15) is 25.8 Å². The monoisotopic (exact) mass is 240 g/mol. The summed E-state index contributed by atoms with van der Waals surface area (Å²) in [6.07, 6.45) is 4.87. The molecule has 0 heterocycles. The van der Waals surface area contributed by atoms with Crippen molar-refractivity contribution >= 4 is 17.6 Å². The van der Waals surface area contributed by atoms with Crippen LogP contribution in [0.25, 0.3) is 6.08 Å². The van der Waals surface area contributed by atoms with Gasteiger partial charge in [0.1, 0.15) is 0 Å². The third kappa shape index (κ3) is 3.04. The van der Waals surface area contributed by atoms with Gasteiger partial charge in [-0.1, -0.05) is 48.1 Å². The van der Waals surface area contributed by atoms with Crippen LogP contribution in [0.3, 0.4) is 0 Å². The molecule has 2 heteroatoms. The van der Waals surface area contributed by atoms with Crippen molar-refractivity contribution in [2.75, 3.05) is 0 Å². The summed E-state index contributed by atoms with van der Waals surface area (Å²) in [5.74, 6) is -0.0325. The van der Waals surface area contributed by atoms with E-state index in [2.05, 4.69) is 6.08 Å². The summed E-state index contributed by atoms with van der Waals surface area (Å²) in [6, 6.07) is 10.1. The second-order valence-electron chi connectivity index (χ2n) is 4.63. The number of benzene rings is 1. The van der Waals surface area contributed by atoms with Crippen LogP contribution in [0.5, 0.6) is 0 Å². The quantitative estimate of drug-likeness (QED) is 0.460. The zero-order valence-corrected chi connectivity index (χ0v) is 10.6. The predicted octanol–water partition coefficient (Wildman–Crippen LogP) is 3.19. The normalized spacial score (nSPS) is 19.4. The molecule has 0 saturated heterocycles. The van der Waals surface area contributed by atoms with E-state index >= 15 is 0 Å². The fourth-order valence-electron chi connectivity index (χ4n) is 1.97. The molecule has 2 rings (SSSR count). The number of allylic oxidation sites excluding steroid dienone is 3. The summed E-state index contributed by atoms with van der Waals surface area (Å²) in [5, 5.41) is 0. The van der Waals surface area contributed by atoms with Crippen molar-refractivity contribution in [1.29, 1.82) is 0 Å². The van der Waals surface area contributed by atoms with Crippen LogP contribution in [-0.2, 0) is 9.59 Å². The van der Waals surface area contributed by atoms with Crippen molar-refractivity contribution < 1.29 is 9.59 Å². The number of hydrogen-bond donors (Lipinski definition) is 0. The lowest BCUT2D eigenvalue weighted by Crippen LogP contribution is -2.06. The number of Topliss-reactive ketones (excluding diaryl/α,β-unsaturated/α-hetero) is 2. The molecule has 1 aliphatic carbocycles. The molecule has 1 aliphatic rings. The van der Waals surface area contributed by atoms with Crippen molar-refractivity contribution in [3.63, 3.8) is 0 Å². The third-order valence-electron chi connectivity index (χ3n) is 3.05. The Balaban J connectivity index is 2.12. The lowest BCUT2D eigenvalue weighted by atomic mass is 10.1. The highest BCUT2D eigenvalue weighted by molar-refractivity contribution is 6.18. The Bertz CT molecular complexity index is 519. The van der Waals surface area contributed by atoms with Gasteiger partial charge in [0.2, 0.25) is 0 Å². The summed E-state index contributed by atoms with van der Waals surface area (Å²) < 4.78 is 0. The molecule has 0 aliphatic heterocycles. The summed E-state index contributed by atoms with van der Waals surface area (Å²) in [7, 11) is 0. The van der Waals surface area contributed by atoms with Crippen LogP contribution in [0.2, 0.25) is 0 Å². The number of ketones is 2. The molecule has 1 aromatic rings. The summed E-state index contributed by atoms with van der Waals surface area (Å²) >= 11 is 0.